The van der Waals surface area contributed by atoms with Crippen LogP contribution in [0.25, 0.3) is 0 Å². The zero-order chi connectivity index (χ0) is 11.5. The summed E-state index contributed by atoms with van der Waals surface area (Å²) >= 11 is 5.07. The maximum atomic E-state index is 10.0. The molecule has 0 amide bonds. The van der Waals surface area contributed by atoms with Crippen molar-refractivity contribution in [3.8, 4) is 0 Å². The Kier molecular flexibility index (Phi) is 5.79. The number of aryl methyl sites for hydroxylation is 1. The highest BCUT2D eigenvalue weighted by molar-refractivity contribution is 9.10. The third-order valence-corrected chi connectivity index (χ3v) is 3.74. The number of aliphatic hydroxyl groups is 1. The molecule has 0 bridgehead atoms. The largest absolute Gasteiger partial charge is 1.00 e. The van der Waals surface area contributed by atoms with Gasteiger partial charge in [0.05, 0.1) is 4.88 Å². The molecule has 2 aromatic rings. The van der Waals surface area contributed by atoms with Gasteiger partial charge in [0.1, 0.15) is 6.10 Å². The van der Waals surface area contributed by atoms with Crippen molar-refractivity contribution in [2.24, 2.45) is 0 Å². The summed E-state index contributed by atoms with van der Waals surface area (Å²) in [5, 5.41) is 10.0. The van der Waals surface area contributed by atoms with E-state index in [0.29, 0.717) is 6.54 Å². The summed E-state index contributed by atoms with van der Waals surface area (Å²) in [6, 6.07) is 7.77. The summed E-state index contributed by atoms with van der Waals surface area (Å²) in [4.78, 5) is 1.25. The molecule has 0 saturated carbocycles. The molecule has 92 valence electrons. The van der Waals surface area contributed by atoms with Crippen molar-refractivity contribution in [3.05, 3.63) is 50.9 Å². The van der Waals surface area contributed by atoms with Crippen LogP contribution in [-0.4, -0.2) is 5.11 Å². The molecule has 1 atom stereocenters. The number of aliphatic hydroxyl groups excluding tert-OH is 1. The maximum Gasteiger partial charge on any atom is 0.225 e. The third-order valence-electron chi connectivity index (χ3n) is 2.36. The number of aromatic nitrogens is 1. The second-order valence-electron chi connectivity index (χ2n) is 3.73. The van der Waals surface area contributed by atoms with Crippen LogP contribution in [0.1, 0.15) is 16.5 Å². The van der Waals surface area contributed by atoms with Gasteiger partial charge in [-0.25, -0.2) is 0 Å². The summed E-state index contributed by atoms with van der Waals surface area (Å²) in [6.45, 7) is 2.67. The van der Waals surface area contributed by atoms with Crippen molar-refractivity contribution in [1.82, 2.24) is 0 Å². The van der Waals surface area contributed by atoms with Crippen LogP contribution in [0.15, 0.2) is 40.4 Å². The summed E-state index contributed by atoms with van der Waals surface area (Å²) in [5.41, 5.74) is 2.97. The fraction of sp³-hybridized carbons (Fsp3) is 0.250. The van der Waals surface area contributed by atoms with Crippen molar-refractivity contribution in [1.29, 1.82) is 0 Å². The Hall–Kier alpha value is -0.230. The van der Waals surface area contributed by atoms with Gasteiger partial charge in [-0.05, 0) is 24.6 Å². The van der Waals surface area contributed by atoms with Crippen LogP contribution in [0.5, 0.6) is 0 Å². The van der Waals surface area contributed by atoms with Crippen LogP contribution in [0.4, 0.5) is 0 Å². The normalized spacial score (nSPS) is 11.9. The molecule has 2 rings (SSSR count). The molecule has 1 aromatic heterocycles. The zero-order valence-corrected chi connectivity index (χ0v) is 13.3. The minimum absolute atomic E-state index is 0. The highest BCUT2D eigenvalue weighted by atomic mass is 79.9. The van der Waals surface area contributed by atoms with Gasteiger partial charge < -0.3 is 22.1 Å². The van der Waals surface area contributed by atoms with E-state index in [1.165, 1.54) is 4.88 Å². The molecule has 0 aliphatic carbocycles. The maximum absolute atomic E-state index is 10.0. The molecule has 0 aliphatic heterocycles. The monoisotopic (exact) mass is 377 g/mol. The lowest BCUT2D eigenvalue weighted by molar-refractivity contribution is -0.700. The van der Waals surface area contributed by atoms with Gasteiger partial charge in [-0.1, -0.05) is 39.4 Å². The molecule has 1 unspecified atom stereocenters. The van der Waals surface area contributed by atoms with Gasteiger partial charge in [-0.2, -0.15) is 4.57 Å². The number of benzene rings is 1. The van der Waals surface area contributed by atoms with E-state index >= 15 is 0 Å². The molecule has 2 nitrogen and oxygen atoms in total. The van der Waals surface area contributed by atoms with E-state index in [-0.39, 0.29) is 17.0 Å². The molecular formula is C12H13Br2NOS. The number of hydrogen-bond donors (Lipinski definition) is 1. The van der Waals surface area contributed by atoms with E-state index < -0.39 is 6.10 Å². The van der Waals surface area contributed by atoms with Crippen LogP contribution in [0.2, 0.25) is 0 Å². The van der Waals surface area contributed by atoms with E-state index in [0.717, 1.165) is 10.0 Å². The Labute approximate surface area is 124 Å². The van der Waals surface area contributed by atoms with Crippen LogP contribution < -0.4 is 21.5 Å². The van der Waals surface area contributed by atoms with Crippen LogP contribution in [-0.2, 0) is 6.54 Å². The first kappa shape index (κ1) is 14.8. The van der Waals surface area contributed by atoms with E-state index in [4.69, 9.17) is 0 Å². The van der Waals surface area contributed by atoms with Crippen molar-refractivity contribution in [3.63, 3.8) is 0 Å². The average Bonchev–Trinajstić information content (AvgIpc) is 2.65. The minimum atomic E-state index is -0.452. The Morgan fingerprint density at radius 2 is 2.00 bits per heavy atom. The molecule has 0 radical (unpaired) electrons. The summed E-state index contributed by atoms with van der Waals surface area (Å²) < 4.78 is 3.05. The topological polar surface area (TPSA) is 24.1 Å². The number of halogens is 2. The fourth-order valence-corrected chi connectivity index (χ4v) is 2.44. The summed E-state index contributed by atoms with van der Waals surface area (Å²) in [7, 11) is 0. The molecule has 1 N–H and O–H groups in total. The van der Waals surface area contributed by atoms with Crippen molar-refractivity contribution in [2.45, 2.75) is 19.6 Å². The van der Waals surface area contributed by atoms with Crippen molar-refractivity contribution >= 4 is 27.3 Å². The molecule has 0 aliphatic rings. The average molecular weight is 379 g/mol. The summed E-state index contributed by atoms with van der Waals surface area (Å²) in [6.07, 6.45) is 1.60. The lowest BCUT2D eigenvalue weighted by Crippen LogP contribution is -3.00. The van der Waals surface area contributed by atoms with Crippen LogP contribution >= 0.6 is 27.3 Å². The smallest absolute Gasteiger partial charge is 0.225 e. The zero-order valence-electron chi connectivity index (χ0n) is 9.31. The lowest BCUT2D eigenvalue weighted by atomic mass is 10.1. The van der Waals surface area contributed by atoms with E-state index in [2.05, 4.69) is 22.9 Å². The Morgan fingerprint density at radius 1 is 1.35 bits per heavy atom. The second-order valence-corrected chi connectivity index (χ2v) is 5.73. The van der Waals surface area contributed by atoms with Gasteiger partial charge in [0.25, 0.3) is 0 Å². The number of rotatable bonds is 3. The standard InChI is InChI=1S/C12H13BrNOS.BrH/c1-9-6-14(8-16-9)7-12(15)10-2-4-11(13)5-3-10;/h2-6,8,12,15H,7H2,1H3;1H/q+1;/p-1. The lowest BCUT2D eigenvalue weighted by Gasteiger charge is -2.06. The van der Waals surface area contributed by atoms with Gasteiger partial charge in [-0.15, -0.1) is 0 Å². The van der Waals surface area contributed by atoms with E-state index in [1.807, 2.05) is 40.5 Å². The molecule has 0 saturated heterocycles. The van der Waals surface area contributed by atoms with Crippen molar-refractivity contribution < 1.29 is 26.7 Å². The van der Waals surface area contributed by atoms with Gasteiger partial charge in [0.15, 0.2) is 12.7 Å². The van der Waals surface area contributed by atoms with E-state index in [1.54, 1.807) is 11.3 Å². The molecule has 1 heterocycles. The molecule has 0 fully saturated rings. The number of nitrogens with zero attached hydrogens (tertiary/aromatic N) is 1. The molecule has 5 heteroatoms. The Morgan fingerprint density at radius 3 is 2.53 bits per heavy atom. The molecule has 17 heavy (non-hydrogen) atoms. The summed E-state index contributed by atoms with van der Waals surface area (Å²) in [5.74, 6) is 0. The highest BCUT2D eigenvalue weighted by Crippen LogP contribution is 2.17. The van der Waals surface area contributed by atoms with Gasteiger partial charge >= 0.3 is 0 Å². The van der Waals surface area contributed by atoms with Gasteiger partial charge in [0, 0.05) is 4.47 Å². The van der Waals surface area contributed by atoms with Gasteiger partial charge in [-0.3, -0.25) is 0 Å². The molecule has 1 aromatic carbocycles. The SMILES string of the molecule is Cc1c[n+](CC(O)c2ccc(Br)cc2)cs1.[Br-]. The number of hydrogen-bond acceptors (Lipinski definition) is 2. The second kappa shape index (κ2) is 6.64. The number of thiazole rings is 1. The minimum Gasteiger partial charge on any atom is -1.00 e. The highest BCUT2D eigenvalue weighted by Gasteiger charge is 2.14. The van der Waals surface area contributed by atoms with Crippen LogP contribution in [0, 0.1) is 6.92 Å². The first-order valence-electron chi connectivity index (χ1n) is 5.03. The Bertz CT molecular complexity index is 470. The third kappa shape index (κ3) is 4.17. The van der Waals surface area contributed by atoms with Gasteiger partial charge in [0.2, 0.25) is 5.51 Å². The predicted molar refractivity (Wildman–Crippen MR) is 68.4 cm³/mol. The van der Waals surface area contributed by atoms with Crippen molar-refractivity contribution in [2.75, 3.05) is 0 Å². The fourth-order valence-electron chi connectivity index (χ4n) is 1.53. The molecule has 0 spiro atoms. The quantitative estimate of drug-likeness (QED) is 0.737. The molecular weight excluding hydrogens is 366 g/mol. The predicted octanol–water partition coefficient (Wildman–Crippen LogP) is -0.156. The Balaban J connectivity index is 0.00000144. The van der Waals surface area contributed by atoms with E-state index in [9.17, 15) is 5.11 Å². The first-order valence-corrected chi connectivity index (χ1v) is 6.70. The first-order chi connectivity index (χ1) is 7.65. The van der Waals surface area contributed by atoms with Crippen LogP contribution in [0.3, 0.4) is 0 Å².